The fourth-order valence-corrected chi connectivity index (χ4v) is 2.47. The van der Waals surface area contributed by atoms with Gasteiger partial charge in [-0.25, -0.2) is 0 Å². The van der Waals surface area contributed by atoms with Crippen LogP contribution in [0.4, 0.5) is 0 Å². The molecular formula is C16H11N3OS. The Hall–Kier alpha value is -2.71. The number of thiophene rings is 1. The van der Waals surface area contributed by atoms with E-state index < -0.39 is 0 Å². The molecule has 0 amide bonds. The molecule has 0 saturated heterocycles. The molecule has 0 aliphatic carbocycles. The summed E-state index contributed by atoms with van der Waals surface area (Å²) in [6, 6.07) is 13.8. The van der Waals surface area contributed by atoms with Crippen molar-refractivity contribution in [2.45, 2.75) is 6.92 Å². The zero-order valence-corrected chi connectivity index (χ0v) is 12.1. The van der Waals surface area contributed by atoms with Crippen LogP contribution in [0, 0.1) is 18.3 Å². The molecule has 0 bridgehead atoms. The van der Waals surface area contributed by atoms with Gasteiger partial charge in [0.15, 0.2) is 0 Å². The van der Waals surface area contributed by atoms with Gasteiger partial charge < -0.3 is 4.52 Å². The summed E-state index contributed by atoms with van der Waals surface area (Å²) < 4.78 is 5.20. The van der Waals surface area contributed by atoms with E-state index in [1.807, 2.05) is 48.7 Å². The Bertz CT molecular complexity index is 808. The van der Waals surface area contributed by atoms with Crippen LogP contribution in [0.25, 0.3) is 23.0 Å². The monoisotopic (exact) mass is 293 g/mol. The number of aryl methyl sites for hydroxylation is 1. The van der Waals surface area contributed by atoms with Gasteiger partial charge in [-0.2, -0.15) is 10.2 Å². The minimum absolute atomic E-state index is 0.237. The number of rotatable bonds is 3. The van der Waals surface area contributed by atoms with Crippen LogP contribution in [0.3, 0.4) is 0 Å². The lowest BCUT2D eigenvalue weighted by Crippen LogP contribution is -1.83. The first-order valence-electron chi connectivity index (χ1n) is 6.33. The largest absolute Gasteiger partial charge is 0.333 e. The molecule has 4 nitrogen and oxygen atoms in total. The summed E-state index contributed by atoms with van der Waals surface area (Å²) >= 11 is 1.55. The molecule has 21 heavy (non-hydrogen) atoms. The van der Waals surface area contributed by atoms with Crippen LogP contribution in [0.1, 0.15) is 16.3 Å². The van der Waals surface area contributed by atoms with E-state index in [4.69, 9.17) is 4.52 Å². The Morgan fingerprint density at radius 2 is 2.10 bits per heavy atom. The second-order valence-electron chi connectivity index (χ2n) is 4.47. The van der Waals surface area contributed by atoms with Crippen molar-refractivity contribution < 1.29 is 4.52 Å². The molecule has 102 valence electrons. The Morgan fingerprint density at radius 3 is 2.76 bits per heavy atom. The predicted molar refractivity (Wildman–Crippen MR) is 82.3 cm³/mol. The van der Waals surface area contributed by atoms with Crippen molar-refractivity contribution in [3.8, 4) is 17.5 Å². The van der Waals surface area contributed by atoms with Gasteiger partial charge in [0, 0.05) is 10.4 Å². The average molecular weight is 293 g/mol. The van der Waals surface area contributed by atoms with Crippen LogP contribution < -0.4 is 0 Å². The van der Waals surface area contributed by atoms with E-state index >= 15 is 0 Å². The molecule has 0 radical (unpaired) electrons. The third-order valence-electron chi connectivity index (χ3n) is 2.92. The number of nitriles is 1. The van der Waals surface area contributed by atoms with Gasteiger partial charge in [0.1, 0.15) is 11.6 Å². The maximum Gasteiger partial charge on any atom is 0.268 e. The van der Waals surface area contributed by atoms with Crippen LogP contribution in [-0.2, 0) is 0 Å². The van der Waals surface area contributed by atoms with Crippen LogP contribution >= 0.6 is 11.3 Å². The van der Waals surface area contributed by atoms with Crippen molar-refractivity contribution in [1.29, 1.82) is 5.26 Å². The zero-order valence-electron chi connectivity index (χ0n) is 11.3. The van der Waals surface area contributed by atoms with E-state index in [2.05, 4.69) is 16.2 Å². The second-order valence-corrected chi connectivity index (χ2v) is 5.45. The summed E-state index contributed by atoms with van der Waals surface area (Å²) in [6.45, 7) is 2.02. The first kappa shape index (κ1) is 13.3. The molecule has 0 aliphatic heterocycles. The van der Waals surface area contributed by atoms with Crippen LogP contribution in [-0.4, -0.2) is 10.1 Å². The van der Waals surface area contributed by atoms with E-state index in [1.165, 1.54) is 0 Å². The van der Waals surface area contributed by atoms with E-state index in [0.29, 0.717) is 11.4 Å². The highest BCUT2D eigenvalue weighted by atomic mass is 32.1. The third-order valence-corrected chi connectivity index (χ3v) is 3.74. The molecule has 0 unspecified atom stereocenters. The molecule has 0 spiro atoms. The normalized spacial score (nSPS) is 11.3. The Balaban J connectivity index is 1.94. The number of hydrogen-bond acceptors (Lipinski definition) is 5. The summed E-state index contributed by atoms with van der Waals surface area (Å²) in [5, 5.41) is 15.1. The lowest BCUT2D eigenvalue weighted by Gasteiger charge is -1.94. The summed E-state index contributed by atoms with van der Waals surface area (Å²) in [4.78, 5) is 5.27. The fourth-order valence-electron chi connectivity index (χ4n) is 1.81. The fraction of sp³-hybridized carbons (Fsp3) is 0.0625. The molecule has 2 heterocycles. The van der Waals surface area contributed by atoms with Gasteiger partial charge >= 0.3 is 0 Å². The van der Waals surface area contributed by atoms with Gasteiger partial charge in [-0.05, 0) is 24.4 Å². The summed E-state index contributed by atoms with van der Waals surface area (Å²) in [5.41, 5.74) is 2.39. The molecule has 0 atom stereocenters. The van der Waals surface area contributed by atoms with Crippen molar-refractivity contribution in [1.82, 2.24) is 10.1 Å². The molecule has 5 heteroatoms. The zero-order chi connectivity index (χ0) is 14.7. The minimum Gasteiger partial charge on any atom is -0.333 e. The molecule has 3 rings (SSSR count). The van der Waals surface area contributed by atoms with Gasteiger partial charge in [0.2, 0.25) is 5.82 Å². The van der Waals surface area contributed by atoms with Gasteiger partial charge in [0.25, 0.3) is 5.89 Å². The van der Waals surface area contributed by atoms with E-state index in [9.17, 15) is 5.26 Å². The number of benzene rings is 1. The van der Waals surface area contributed by atoms with Crippen molar-refractivity contribution in [3.63, 3.8) is 0 Å². The van der Waals surface area contributed by atoms with Gasteiger partial charge in [-0.1, -0.05) is 41.1 Å². The van der Waals surface area contributed by atoms with E-state index in [-0.39, 0.29) is 5.89 Å². The molecule has 0 aliphatic rings. The maximum atomic E-state index is 9.25. The number of aromatic nitrogens is 2. The highest BCUT2D eigenvalue weighted by Gasteiger charge is 2.13. The molecular weight excluding hydrogens is 282 g/mol. The minimum atomic E-state index is 0.237. The van der Waals surface area contributed by atoms with Crippen molar-refractivity contribution in [2.24, 2.45) is 0 Å². The number of allylic oxidation sites excluding steroid dienone is 1. The molecule has 2 aromatic heterocycles. The lowest BCUT2D eigenvalue weighted by molar-refractivity contribution is 0.409. The molecule has 1 aromatic carbocycles. The number of hydrogen-bond donors (Lipinski definition) is 0. The Labute approximate surface area is 126 Å². The first-order chi connectivity index (χ1) is 10.3. The highest BCUT2D eigenvalue weighted by molar-refractivity contribution is 7.10. The summed E-state index contributed by atoms with van der Waals surface area (Å²) in [6.07, 6.45) is 1.75. The predicted octanol–water partition coefficient (Wildman–Crippen LogP) is 4.17. The van der Waals surface area contributed by atoms with Crippen molar-refractivity contribution in [2.75, 3.05) is 0 Å². The average Bonchev–Trinajstić information content (AvgIpc) is 3.17. The quantitative estimate of drug-likeness (QED) is 0.680. The van der Waals surface area contributed by atoms with Crippen molar-refractivity contribution >= 4 is 23.0 Å². The summed E-state index contributed by atoms with van der Waals surface area (Å²) in [5.74, 6) is 0.721. The highest BCUT2D eigenvalue weighted by Crippen LogP contribution is 2.22. The van der Waals surface area contributed by atoms with E-state index in [0.717, 1.165) is 16.0 Å². The Morgan fingerprint density at radius 1 is 1.29 bits per heavy atom. The molecule has 0 fully saturated rings. The van der Waals surface area contributed by atoms with Crippen molar-refractivity contribution in [3.05, 3.63) is 58.1 Å². The topological polar surface area (TPSA) is 62.7 Å². The Kier molecular flexibility index (Phi) is 3.63. The lowest BCUT2D eigenvalue weighted by atomic mass is 10.1. The second kappa shape index (κ2) is 5.73. The first-order valence-corrected chi connectivity index (χ1v) is 7.20. The molecule has 3 aromatic rings. The van der Waals surface area contributed by atoms with Crippen LogP contribution in [0.15, 0.2) is 46.3 Å². The smallest absolute Gasteiger partial charge is 0.268 e. The van der Waals surface area contributed by atoms with Gasteiger partial charge in [-0.3, -0.25) is 0 Å². The third kappa shape index (κ3) is 2.91. The molecule has 0 N–H and O–H groups in total. The van der Waals surface area contributed by atoms with E-state index in [1.54, 1.807) is 17.4 Å². The number of nitrogens with zero attached hydrogens (tertiary/aromatic N) is 3. The SMILES string of the molecule is Cc1ccc(-c2noc(/C(C#N)=C\c3cccs3)n2)cc1. The van der Waals surface area contributed by atoms with Gasteiger partial charge in [-0.15, -0.1) is 11.3 Å². The van der Waals surface area contributed by atoms with Crippen LogP contribution in [0.2, 0.25) is 0 Å². The maximum absolute atomic E-state index is 9.25. The van der Waals surface area contributed by atoms with Crippen LogP contribution in [0.5, 0.6) is 0 Å². The molecule has 0 saturated carbocycles. The van der Waals surface area contributed by atoms with Gasteiger partial charge in [0.05, 0.1) is 0 Å². The summed E-state index contributed by atoms with van der Waals surface area (Å²) in [7, 11) is 0. The standard InChI is InChI=1S/C16H11N3OS/c1-11-4-6-12(7-5-11)15-18-16(20-19-15)13(10-17)9-14-3-2-8-21-14/h2-9H,1H3/b13-9-.